The number of nitrogens with zero attached hydrogens (tertiary/aromatic N) is 2. The third kappa shape index (κ3) is 3.12. The van der Waals surface area contributed by atoms with Crippen LogP contribution in [-0.2, 0) is 4.79 Å². The lowest BCUT2D eigenvalue weighted by Crippen LogP contribution is -2.38. The zero-order valence-electron chi connectivity index (χ0n) is 9.40. The van der Waals surface area contributed by atoms with Gasteiger partial charge in [-0.15, -0.1) is 0 Å². The molecular formula is C10H18N2O2S. The van der Waals surface area contributed by atoms with Crippen molar-refractivity contribution in [3.63, 3.8) is 0 Å². The number of rotatable bonds is 3. The highest BCUT2D eigenvalue weighted by Gasteiger charge is 2.33. The Labute approximate surface area is 95.8 Å². The lowest BCUT2D eigenvalue weighted by molar-refractivity contribution is -0.139. The first-order chi connectivity index (χ1) is 6.82. The van der Waals surface area contributed by atoms with Crippen molar-refractivity contribution in [2.75, 3.05) is 13.6 Å². The highest BCUT2D eigenvalue weighted by Crippen LogP contribution is 2.22. The lowest BCUT2D eigenvalue weighted by atomic mass is 10.0. The van der Waals surface area contributed by atoms with E-state index in [4.69, 9.17) is 5.11 Å². The van der Waals surface area contributed by atoms with Crippen molar-refractivity contribution < 1.29 is 9.90 Å². The fourth-order valence-electron chi connectivity index (χ4n) is 1.62. The van der Waals surface area contributed by atoms with Crippen molar-refractivity contribution in [1.82, 2.24) is 4.90 Å². The standard InChI is InChI=1S/C10H18N2O2S/c1-10(2,15)8(9(13)14)11-7-5-4-6-12(7)3/h8,15H,4-6H2,1-3H3,(H,13,14)/t8-/m1/s1. The molecule has 1 aliphatic rings. The van der Waals surface area contributed by atoms with Gasteiger partial charge < -0.3 is 10.0 Å². The fraction of sp³-hybridized carbons (Fsp3) is 0.800. The van der Waals surface area contributed by atoms with E-state index >= 15 is 0 Å². The van der Waals surface area contributed by atoms with Crippen molar-refractivity contribution in [2.24, 2.45) is 4.99 Å². The van der Waals surface area contributed by atoms with Crippen molar-refractivity contribution in [1.29, 1.82) is 0 Å². The number of hydrogen-bond acceptors (Lipinski definition) is 3. The number of carboxylic acids is 1. The summed E-state index contributed by atoms with van der Waals surface area (Å²) >= 11 is 4.28. The first kappa shape index (κ1) is 12.4. The third-order valence-corrected chi connectivity index (χ3v) is 2.76. The third-order valence-electron chi connectivity index (χ3n) is 2.52. The summed E-state index contributed by atoms with van der Waals surface area (Å²) in [5, 5.41) is 9.08. The zero-order valence-corrected chi connectivity index (χ0v) is 10.3. The van der Waals surface area contributed by atoms with E-state index < -0.39 is 16.8 Å². The van der Waals surface area contributed by atoms with Gasteiger partial charge in [-0.2, -0.15) is 12.6 Å². The minimum absolute atomic E-state index is 0.637. The summed E-state index contributed by atoms with van der Waals surface area (Å²) in [7, 11) is 1.94. The van der Waals surface area contributed by atoms with Crippen LogP contribution in [0.25, 0.3) is 0 Å². The summed E-state index contributed by atoms with van der Waals surface area (Å²) in [6.45, 7) is 4.50. The summed E-state index contributed by atoms with van der Waals surface area (Å²) in [6, 6.07) is -0.781. The minimum atomic E-state index is -0.914. The van der Waals surface area contributed by atoms with Crippen molar-refractivity contribution in [3.8, 4) is 0 Å². The Morgan fingerprint density at radius 2 is 2.27 bits per heavy atom. The molecule has 0 unspecified atom stereocenters. The molecule has 0 amide bonds. The number of thiol groups is 1. The molecule has 1 saturated heterocycles. The second kappa shape index (κ2) is 4.43. The van der Waals surface area contributed by atoms with E-state index in [1.807, 2.05) is 11.9 Å². The largest absolute Gasteiger partial charge is 0.480 e. The lowest BCUT2D eigenvalue weighted by Gasteiger charge is -2.24. The van der Waals surface area contributed by atoms with Gasteiger partial charge in [-0.05, 0) is 20.3 Å². The van der Waals surface area contributed by atoms with Gasteiger partial charge in [-0.25, -0.2) is 4.79 Å². The number of aliphatic carboxylic acids is 1. The quantitative estimate of drug-likeness (QED) is 0.718. The predicted molar refractivity (Wildman–Crippen MR) is 63.8 cm³/mol. The van der Waals surface area contributed by atoms with E-state index in [0.717, 1.165) is 25.2 Å². The molecule has 15 heavy (non-hydrogen) atoms. The van der Waals surface area contributed by atoms with E-state index in [1.165, 1.54) is 0 Å². The van der Waals surface area contributed by atoms with Gasteiger partial charge in [0.25, 0.3) is 0 Å². The molecular weight excluding hydrogens is 212 g/mol. The monoisotopic (exact) mass is 230 g/mol. The molecule has 0 aromatic carbocycles. The highest BCUT2D eigenvalue weighted by atomic mass is 32.1. The van der Waals surface area contributed by atoms with Crippen LogP contribution in [0.1, 0.15) is 26.7 Å². The molecule has 0 aromatic heterocycles. The predicted octanol–water partition coefficient (Wildman–Crippen LogP) is 1.27. The van der Waals surface area contributed by atoms with Gasteiger partial charge in [-0.1, -0.05) is 0 Å². The van der Waals surface area contributed by atoms with E-state index in [0.29, 0.717) is 0 Å². The summed E-state index contributed by atoms with van der Waals surface area (Å²) in [5.74, 6) is -0.0349. The average Bonchev–Trinajstić information content (AvgIpc) is 2.44. The molecule has 0 radical (unpaired) electrons. The van der Waals surface area contributed by atoms with E-state index in [9.17, 15) is 4.79 Å². The molecule has 1 aliphatic heterocycles. The van der Waals surface area contributed by atoms with E-state index in [1.54, 1.807) is 13.8 Å². The molecule has 0 bridgehead atoms. The average molecular weight is 230 g/mol. The molecule has 1 atom stereocenters. The second-order valence-electron chi connectivity index (χ2n) is 4.46. The van der Waals surface area contributed by atoms with Crippen LogP contribution in [0.3, 0.4) is 0 Å². The van der Waals surface area contributed by atoms with E-state index in [-0.39, 0.29) is 0 Å². The highest BCUT2D eigenvalue weighted by molar-refractivity contribution is 7.81. The van der Waals surface area contributed by atoms with Gasteiger partial charge in [0, 0.05) is 24.8 Å². The zero-order chi connectivity index (χ0) is 11.6. The van der Waals surface area contributed by atoms with Crippen LogP contribution in [0.2, 0.25) is 0 Å². The van der Waals surface area contributed by atoms with Crippen molar-refractivity contribution in [2.45, 2.75) is 37.5 Å². The Morgan fingerprint density at radius 1 is 1.67 bits per heavy atom. The minimum Gasteiger partial charge on any atom is -0.480 e. The fourth-order valence-corrected chi connectivity index (χ4v) is 1.79. The SMILES string of the molecule is CN1CCCC1=N[C@H](C(=O)O)C(C)(C)S. The summed E-state index contributed by atoms with van der Waals surface area (Å²) in [5.41, 5.74) is 0. The van der Waals surface area contributed by atoms with Gasteiger partial charge in [0.2, 0.25) is 0 Å². The summed E-state index contributed by atoms with van der Waals surface area (Å²) in [6.07, 6.45) is 1.92. The molecule has 1 rings (SSSR count). The maximum atomic E-state index is 11.1. The first-order valence-corrected chi connectivity index (χ1v) is 5.50. The number of likely N-dealkylation sites (tertiary alicyclic amines) is 1. The summed E-state index contributed by atoms with van der Waals surface area (Å²) < 4.78 is -0.637. The van der Waals surface area contributed by atoms with Gasteiger partial charge in [-0.3, -0.25) is 4.99 Å². The van der Waals surface area contributed by atoms with Crippen LogP contribution in [0, 0.1) is 0 Å². The number of hydrogen-bond donors (Lipinski definition) is 2. The Hall–Kier alpha value is -0.710. The maximum absolute atomic E-state index is 11.1. The van der Waals surface area contributed by atoms with E-state index in [2.05, 4.69) is 17.6 Å². The van der Waals surface area contributed by atoms with Crippen LogP contribution in [-0.4, -0.2) is 46.2 Å². The van der Waals surface area contributed by atoms with Crippen LogP contribution >= 0.6 is 12.6 Å². The molecule has 4 nitrogen and oxygen atoms in total. The Bertz CT molecular complexity index is 284. The molecule has 0 saturated carbocycles. The maximum Gasteiger partial charge on any atom is 0.329 e. The summed E-state index contributed by atoms with van der Waals surface area (Å²) in [4.78, 5) is 17.4. The molecule has 5 heteroatoms. The number of carbonyl (C=O) groups is 1. The van der Waals surface area contributed by atoms with Crippen LogP contribution < -0.4 is 0 Å². The number of aliphatic imine (C=N–C) groups is 1. The molecule has 0 spiro atoms. The Balaban J connectivity index is 2.87. The van der Waals surface area contributed by atoms with Crippen LogP contribution in [0.4, 0.5) is 0 Å². The number of amidine groups is 1. The van der Waals surface area contributed by atoms with Gasteiger partial charge >= 0.3 is 5.97 Å². The van der Waals surface area contributed by atoms with Crippen molar-refractivity contribution in [3.05, 3.63) is 0 Å². The van der Waals surface area contributed by atoms with Crippen molar-refractivity contribution >= 4 is 24.4 Å². The molecule has 1 heterocycles. The number of carboxylic acid groups (broad SMARTS) is 1. The van der Waals surface area contributed by atoms with Gasteiger partial charge in [0.1, 0.15) is 0 Å². The Morgan fingerprint density at radius 3 is 2.60 bits per heavy atom. The van der Waals surface area contributed by atoms with Gasteiger partial charge in [0.05, 0.1) is 5.84 Å². The molecule has 1 fully saturated rings. The van der Waals surface area contributed by atoms with Crippen LogP contribution in [0.15, 0.2) is 4.99 Å². The second-order valence-corrected chi connectivity index (χ2v) is 5.62. The molecule has 0 aliphatic carbocycles. The Kier molecular flexibility index (Phi) is 3.65. The molecule has 1 N–H and O–H groups in total. The van der Waals surface area contributed by atoms with Crippen LogP contribution in [0.5, 0.6) is 0 Å². The topological polar surface area (TPSA) is 52.9 Å². The normalized spacial score (nSPS) is 22.1. The molecule has 86 valence electrons. The molecule has 0 aromatic rings. The first-order valence-electron chi connectivity index (χ1n) is 5.05. The van der Waals surface area contributed by atoms with Gasteiger partial charge in [0.15, 0.2) is 6.04 Å². The smallest absolute Gasteiger partial charge is 0.329 e.